The lowest BCUT2D eigenvalue weighted by atomic mass is 10.2. The van der Waals surface area contributed by atoms with Gasteiger partial charge in [0.15, 0.2) is 0 Å². The van der Waals surface area contributed by atoms with Gasteiger partial charge in [-0.05, 0) is 24.6 Å². The fourth-order valence-corrected chi connectivity index (χ4v) is 2.14. The van der Waals surface area contributed by atoms with Crippen LogP contribution in [0.1, 0.15) is 25.8 Å². The summed E-state index contributed by atoms with van der Waals surface area (Å²) in [6, 6.07) is 4.72. The van der Waals surface area contributed by atoms with Gasteiger partial charge in [0, 0.05) is 24.7 Å². The number of anilines is 1. The highest BCUT2D eigenvalue weighted by molar-refractivity contribution is 7.89. The number of carbonyl (C=O) groups excluding carboxylic acids is 1. The summed E-state index contributed by atoms with van der Waals surface area (Å²) in [4.78, 5) is 11.8. The summed E-state index contributed by atoms with van der Waals surface area (Å²) in [5, 5.41) is 10.9. The van der Waals surface area contributed by atoms with Crippen molar-refractivity contribution in [1.82, 2.24) is 5.32 Å². The summed E-state index contributed by atoms with van der Waals surface area (Å²) in [7, 11) is -3.77. The molecular weight excluding hydrogens is 278 g/mol. The van der Waals surface area contributed by atoms with Gasteiger partial charge in [-0.2, -0.15) is 0 Å². The molecule has 0 unspecified atom stereocenters. The Balaban J connectivity index is 2.74. The van der Waals surface area contributed by atoms with E-state index in [-0.39, 0.29) is 10.8 Å². The minimum absolute atomic E-state index is 0.0151. The van der Waals surface area contributed by atoms with Crippen molar-refractivity contribution < 1.29 is 13.2 Å². The zero-order valence-corrected chi connectivity index (χ0v) is 12.8. The maximum absolute atomic E-state index is 11.8. The molecule has 1 aromatic rings. The monoisotopic (exact) mass is 299 g/mol. The van der Waals surface area contributed by atoms with Crippen molar-refractivity contribution in [2.45, 2.75) is 38.1 Å². The molecule has 4 N–H and O–H groups in total. The Morgan fingerprint density at radius 1 is 1.35 bits per heavy atom. The molecule has 7 heteroatoms. The van der Waals surface area contributed by atoms with Crippen LogP contribution in [-0.4, -0.2) is 26.9 Å². The van der Waals surface area contributed by atoms with E-state index in [1.165, 1.54) is 12.1 Å². The van der Waals surface area contributed by atoms with Gasteiger partial charge in [0.25, 0.3) is 0 Å². The molecule has 112 valence electrons. The Labute approximate surface area is 119 Å². The van der Waals surface area contributed by atoms with Crippen LogP contribution in [0, 0.1) is 6.92 Å². The summed E-state index contributed by atoms with van der Waals surface area (Å²) in [6.45, 7) is 6.35. The summed E-state index contributed by atoms with van der Waals surface area (Å²) in [5.41, 5.74) is 1.24. The van der Waals surface area contributed by atoms with E-state index >= 15 is 0 Å². The lowest BCUT2D eigenvalue weighted by molar-refractivity contribution is -0.116. The molecule has 1 rings (SSSR count). The predicted molar refractivity (Wildman–Crippen MR) is 78.9 cm³/mol. The molecular formula is C13H21N3O3S. The largest absolute Gasteiger partial charge is 0.326 e. The molecule has 0 saturated heterocycles. The smallest absolute Gasteiger partial charge is 0.238 e. The van der Waals surface area contributed by atoms with Crippen molar-refractivity contribution in [3.05, 3.63) is 23.8 Å². The van der Waals surface area contributed by atoms with Crippen molar-refractivity contribution in [3.8, 4) is 0 Å². The van der Waals surface area contributed by atoms with Gasteiger partial charge in [-0.15, -0.1) is 0 Å². The molecule has 0 aliphatic rings. The highest BCUT2D eigenvalue weighted by Gasteiger charge is 2.11. The fraction of sp³-hybridized carbons (Fsp3) is 0.462. The molecule has 0 bridgehead atoms. The third-order valence-corrected chi connectivity index (χ3v) is 3.63. The summed E-state index contributed by atoms with van der Waals surface area (Å²) >= 11 is 0. The lowest BCUT2D eigenvalue weighted by Gasteiger charge is -2.11. The highest BCUT2D eigenvalue weighted by Crippen LogP contribution is 2.19. The summed E-state index contributed by atoms with van der Waals surface area (Å²) < 4.78 is 22.6. The average Bonchev–Trinajstić information content (AvgIpc) is 2.30. The predicted octanol–water partition coefficient (Wildman–Crippen LogP) is 0.969. The molecule has 0 saturated carbocycles. The van der Waals surface area contributed by atoms with E-state index in [1.807, 2.05) is 13.8 Å². The van der Waals surface area contributed by atoms with Crippen LogP contribution in [0.2, 0.25) is 0 Å². The van der Waals surface area contributed by atoms with E-state index in [0.29, 0.717) is 24.7 Å². The first-order chi connectivity index (χ1) is 9.20. The Bertz CT molecular complexity index is 583. The second-order valence-electron chi connectivity index (χ2n) is 4.93. The van der Waals surface area contributed by atoms with Gasteiger partial charge in [0.1, 0.15) is 0 Å². The van der Waals surface area contributed by atoms with Crippen LogP contribution in [-0.2, 0) is 14.8 Å². The van der Waals surface area contributed by atoms with E-state index < -0.39 is 10.0 Å². The lowest BCUT2D eigenvalue weighted by Crippen LogP contribution is -2.27. The molecule has 0 aliphatic heterocycles. The molecule has 0 radical (unpaired) electrons. The van der Waals surface area contributed by atoms with Gasteiger partial charge < -0.3 is 10.6 Å². The molecule has 0 heterocycles. The molecule has 1 aromatic carbocycles. The zero-order chi connectivity index (χ0) is 15.3. The Morgan fingerprint density at radius 2 is 2.00 bits per heavy atom. The molecule has 0 atom stereocenters. The Hall–Kier alpha value is -1.44. The second-order valence-corrected chi connectivity index (χ2v) is 6.49. The van der Waals surface area contributed by atoms with E-state index in [0.717, 1.165) is 5.56 Å². The molecule has 0 aromatic heterocycles. The normalized spacial score (nSPS) is 11.7. The number of primary sulfonamides is 1. The number of aryl methyl sites for hydroxylation is 1. The first kappa shape index (κ1) is 16.6. The average molecular weight is 299 g/mol. The first-order valence-electron chi connectivity index (χ1n) is 6.37. The fourth-order valence-electron chi connectivity index (χ4n) is 1.60. The number of nitrogens with one attached hydrogen (secondary N) is 2. The van der Waals surface area contributed by atoms with Crippen LogP contribution in [0.25, 0.3) is 0 Å². The minimum atomic E-state index is -3.77. The van der Waals surface area contributed by atoms with Crippen molar-refractivity contribution in [1.29, 1.82) is 0 Å². The molecule has 20 heavy (non-hydrogen) atoms. The van der Waals surface area contributed by atoms with Gasteiger partial charge in [-0.1, -0.05) is 19.9 Å². The zero-order valence-electron chi connectivity index (χ0n) is 11.9. The van der Waals surface area contributed by atoms with Crippen molar-refractivity contribution in [2.24, 2.45) is 5.14 Å². The van der Waals surface area contributed by atoms with Crippen LogP contribution >= 0.6 is 0 Å². The number of nitrogens with two attached hydrogens (primary N) is 1. The quantitative estimate of drug-likeness (QED) is 0.728. The second kappa shape index (κ2) is 6.83. The number of sulfonamides is 1. The molecule has 0 spiro atoms. The number of amides is 1. The van der Waals surface area contributed by atoms with Crippen LogP contribution in [0.4, 0.5) is 5.69 Å². The Kier molecular flexibility index (Phi) is 5.67. The highest BCUT2D eigenvalue weighted by atomic mass is 32.2. The number of hydrogen-bond acceptors (Lipinski definition) is 4. The third-order valence-electron chi connectivity index (χ3n) is 2.72. The maximum atomic E-state index is 11.8. The van der Waals surface area contributed by atoms with E-state index in [1.54, 1.807) is 13.0 Å². The molecule has 1 amide bonds. The number of carbonyl (C=O) groups is 1. The molecule has 6 nitrogen and oxygen atoms in total. The molecule has 0 aliphatic carbocycles. The van der Waals surface area contributed by atoms with Crippen molar-refractivity contribution in [3.63, 3.8) is 0 Å². The number of benzene rings is 1. The van der Waals surface area contributed by atoms with Crippen LogP contribution in [0.15, 0.2) is 23.1 Å². The third kappa shape index (κ3) is 5.28. The van der Waals surface area contributed by atoms with Gasteiger partial charge >= 0.3 is 0 Å². The topological polar surface area (TPSA) is 101 Å². The van der Waals surface area contributed by atoms with Gasteiger partial charge in [0.2, 0.25) is 15.9 Å². The van der Waals surface area contributed by atoms with E-state index in [4.69, 9.17) is 5.14 Å². The van der Waals surface area contributed by atoms with Crippen molar-refractivity contribution in [2.75, 3.05) is 11.9 Å². The van der Waals surface area contributed by atoms with E-state index in [2.05, 4.69) is 10.6 Å². The van der Waals surface area contributed by atoms with Gasteiger partial charge in [0.05, 0.1) is 4.90 Å². The van der Waals surface area contributed by atoms with Gasteiger partial charge in [-0.3, -0.25) is 4.79 Å². The van der Waals surface area contributed by atoms with Crippen LogP contribution < -0.4 is 15.8 Å². The maximum Gasteiger partial charge on any atom is 0.238 e. The SMILES string of the molecule is Cc1ccc(S(N)(=O)=O)cc1NC(=O)CCNC(C)C. The number of rotatable bonds is 6. The van der Waals surface area contributed by atoms with Gasteiger partial charge in [-0.25, -0.2) is 13.6 Å². The minimum Gasteiger partial charge on any atom is -0.326 e. The summed E-state index contributed by atoms with van der Waals surface area (Å²) in [6.07, 6.45) is 0.317. The number of hydrogen-bond donors (Lipinski definition) is 3. The first-order valence-corrected chi connectivity index (χ1v) is 7.91. The standard InChI is InChI=1S/C13H21N3O3S/c1-9(2)15-7-6-13(17)16-12-8-11(20(14,18)19)5-4-10(12)3/h4-5,8-9,15H,6-7H2,1-3H3,(H,16,17)(H2,14,18,19). The Morgan fingerprint density at radius 3 is 2.55 bits per heavy atom. The molecule has 0 fully saturated rings. The summed E-state index contributed by atoms with van der Waals surface area (Å²) in [5.74, 6) is -0.173. The van der Waals surface area contributed by atoms with Crippen LogP contribution in [0.3, 0.4) is 0 Å². The van der Waals surface area contributed by atoms with Crippen molar-refractivity contribution >= 4 is 21.6 Å². The van der Waals surface area contributed by atoms with Crippen LogP contribution in [0.5, 0.6) is 0 Å². The van der Waals surface area contributed by atoms with E-state index in [9.17, 15) is 13.2 Å².